The maximum atomic E-state index is 5.89. The third-order valence-corrected chi connectivity index (χ3v) is 4.12. The average molecular weight is 378 g/mol. The Bertz CT molecular complexity index is 900. The molecule has 1 aromatic heterocycles. The van der Waals surface area contributed by atoms with E-state index in [0.29, 0.717) is 24.9 Å². The van der Waals surface area contributed by atoms with Gasteiger partial charge in [0, 0.05) is 6.54 Å². The number of nitrogens with zero attached hydrogens (tertiary/aromatic N) is 2. The van der Waals surface area contributed by atoms with Crippen LogP contribution in [0.3, 0.4) is 0 Å². The first-order valence-corrected chi connectivity index (χ1v) is 9.41. The molecule has 0 aliphatic heterocycles. The minimum Gasteiger partial charge on any atom is -0.457 e. The van der Waals surface area contributed by atoms with E-state index in [1.807, 2.05) is 75.4 Å². The summed E-state index contributed by atoms with van der Waals surface area (Å²) in [5, 5.41) is 6.49. The van der Waals surface area contributed by atoms with E-state index >= 15 is 0 Å². The van der Waals surface area contributed by atoms with Crippen LogP contribution in [0.1, 0.15) is 29.8 Å². The van der Waals surface area contributed by atoms with Gasteiger partial charge in [0.1, 0.15) is 17.3 Å². The van der Waals surface area contributed by atoms with Gasteiger partial charge in [0.05, 0.1) is 18.8 Å². The van der Waals surface area contributed by atoms with Crippen LogP contribution in [0.15, 0.2) is 64.0 Å². The number of nitrogens with one attached hydrogen (secondary N) is 2. The van der Waals surface area contributed by atoms with Crippen LogP contribution < -0.4 is 15.4 Å². The number of oxazole rings is 1. The molecule has 0 unspecified atom stereocenters. The number of hydrogen-bond acceptors (Lipinski definition) is 4. The summed E-state index contributed by atoms with van der Waals surface area (Å²) in [5.41, 5.74) is 1.97. The Kier molecular flexibility index (Phi) is 6.68. The summed E-state index contributed by atoms with van der Waals surface area (Å²) in [6.45, 7) is 7.67. The van der Waals surface area contributed by atoms with Crippen molar-refractivity contribution in [1.82, 2.24) is 15.6 Å². The number of para-hydroxylation sites is 1. The largest absolute Gasteiger partial charge is 0.457 e. The molecule has 0 radical (unpaired) electrons. The molecular formula is C22H26N4O2. The lowest BCUT2D eigenvalue weighted by Gasteiger charge is -2.10. The van der Waals surface area contributed by atoms with Crippen molar-refractivity contribution in [1.29, 1.82) is 0 Å². The van der Waals surface area contributed by atoms with Crippen LogP contribution in [0.5, 0.6) is 11.5 Å². The van der Waals surface area contributed by atoms with Gasteiger partial charge in [-0.25, -0.2) is 9.98 Å². The summed E-state index contributed by atoms with van der Waals surface area (Å²) in [6, 6.07) is 17.7. The molecule has 0 saturated carbocycles. The topological polar surface area (TPSA) is 71.7 Å². The lowest BCUT2D eigenvalue weighted by Crippen LogP contribution is -2.36. The second kappa shape index (κ2) is 9.60. The molecule has 0 spiro atoms. The summed E-state index contributed by atoms with van der Waals surface area (Å²) < 4.78 is 11.5. The van der Waals surface area contributed by atoms with Crippen molar-refractivity contribution in [2.75, 3.05) is 6.54 Å². The van der Waals surface area contributed by atoms with Crippen molar-refractivity contribution in [3.8, 4) is 11.5 Å². The fourth-order valence-corrected chi connectivity index (χ4v) is 2.62. The van der Waals surface area contributed by atoms with Gasteiger partial charge in [-0.05, 0) is 50.6 Å². The number of ether oxygens (including phenoxy) is 1. The van der Waals surface area contributed by atoms with Crippen LogP contribution in [0.4, 0.5) is 0 Å². The minimum atomic E-state index is 0.484. The number of benzene rings is 2. The molecule has 0 atom stereocenters. The van der Waals surface area contributed by atoms with Crippen molar-refractivity contribution >= 4 is 5.96 Å². The highest BCUT2D eigenvalue weighted by molar-refractivity contribution is 5.79. The fraction of sp³-hybridized carbons (Fsp3) is 0.273. The SMILES string of the molecule is CCNC(=NCc1cccc(Oc2ccccc2)c1)NCc1nc(C)c(C)o1. The van der Waals surface area contributed by atoms with E-state index in [1.165, 1.54) is 0 Å². The number of rotatable bonds is 7. The highest BCUT2D eigenvalue weighted by Crippen LogP contribution is 2.22. The van der Waals surface area contributed by atoms with E-state index in [9.17, 15) is 0 Å². The third kappa shape index (κ3) is 5.61. The highest BCUT2D eigenvalue weighted by atomic mass is 16.5. The highest BCUT2D eigenvalue weighted by Gasteiger charge is 2.06. The lowest BCUT2D eigenvalue weighted by molar-refractivity contribution is 0.463. The molecule has 0 bridgehead atoms. The quantitative estimate of drug-likeness (QED) is 0.473. The smallest absolute Gasteiger partial charge is 0.214 e. The molecule has 3 aromatic rings. The van der Waals surface area contributed by atoms with Crippen LogP contribution in [0.25, 0.3) is 0 Å². The number of hydrogen-bond donors (Lipinski definition) is 2. The van der Waals surface area contributed by atoms with E-state index in [0.717, 1.165) is 35.1 Å². The summed E-state index contributed by atoms with van der Waals surface area (Å²) in [4.78, 5) is 9.03. The second-order valence-corrected chi connectivity index (χ2v) is 6.36. The molecule has 0 amide bonds. The zero-order valence-corrected chi connectivity index (χ0v) is 16.5. The molecule has 2 aromatic carbocycles. The molecule has 0 aliphatic carbocycles. The number of aromatic nitrogens is 1. The Balaban J connectivity index is 1.62. The zero-order chi connectivity index (χ0) is 19.8. The fourth-order valence-electron chi connectivity index (χ4n) is 2.62. The predicted octanol–water partition coefficient (Wildman–Crippen LogP) is 4.34. The normalized spacial score (nSPS) is 11.3. The molecule has 2 N–H and O–H groups in total. The van der Waals surface area contributed by atoms with E-state index in [1.54, 1.807) is 0 Å². The zero-order valence-electron chi connectivity index (χ0n) is 16.5. The van der Waals surface area contributed by atoms with Gasteiger partial charge in [0.2, 0.25) is 5.89 Å². The van der Waals surface area contributed by atoms with Crippen molar-refractivity contribution < 1.29 is 9.15 Å². The molecule has 6 nitrogen and oxygen atoms in total. The van der Waals surface area contributed by atoms with Gasteiger partial charge in [0.15, 0.2) is 5.96 Å². The Hall–Kier alpha value is -3.28. The Morgan fingerprint density at radius 1 is 1.04 bits per heavy atom. The second-order valence-electron chi connectivity index (χ2n) is 6.36. The maximum absolute atomic E-state index is 5.89. The first-order valence-electron chi connectivity index (χ1n) is 9.41. The summed E-state index contributed by atoms with van der Waals surface area (Å²) in [6.07, 6.45) is 0. The standard InChI is InChI=1S/C22H26N4O2/c1-4-23-22(25-15-21-26-16(2)17(3)27-21)24-14-18-9-8-12-20(13-18)28-19-10-6-5-7-11-19/h5-13H,4,14-15H2,1-3H3,(H2,23,24,25). The molecule has 146 valence electrons. The number of guanidine groups is 1. The molecule has 0 aliphatic rings. The molecule has 0 saturated heterocycles. The van der Waals surface area contributed by atoms with Crippen LogP contribution in [0.2, 0.25) is 0 Å². The Morgan fingerprint density at radius 2 is 1.82 bits per heavy atom. The van der Waals surface area contributed by atoms with Crippen LogP contribution >= 0.6 is 0 Å². The summed E-state index contributed by atoms with van der Waals surface area (Å²) >= 11 is 0. The van der Waals surface area contributed by atoms with Crippen molar-refractivity contribution in [3.05, 3.63) is 77.5 Å². The van der Waals surface area contributed by atoms with Crippen molar-refractivity contribution in [2.45, 2.75) is 33.9 Å². The van der Waals surface area contributed by atoms with Gasteiger partial charge >= 0.3 is 0 Å². The van der Waals surface area contributed by atoms with Gasteiger partial charge in [-0.2, -0.15) is 0 Å². The third-order valence-electron chi connectivity index (χ3n) is 4.12. The first-order chi connectivity index (χ1) is 13.6. The summed E-state index contributed by atoms with van der Waals surface area (Å²) in [5.74, 6) is 3.82. The molecular weight excluding hydrogens is 352 g/mol. The minimum absolute atomic E-state index is 0.484. The predicted molar refractivity (Wildman–Crippen MR) is 111 cm³/mol. The van der Waals surface area contributed by atoms with Crippen LogP contribution in [-0.2, 0) is 13.1 Å². The van der Waals surface area contributed by atoms with Crippen LogP contribution in [0, 0.1) is 13.8 Å². The van der Waals surface area contributed by atoms with E-state index in [4.69, 9.17) is 9.15 Å². The van der Waals surface area contributed by atoms with Crippen molar-refractivity contribution in [3.63, 3.8) is 0 Å². The number of aryl methyl sites for hydroxylation is 2. The van der Waals surface area contributed by atoms with Crippen molar-refractivity contribution in [2.24, 2.45) is 4.99 Å². The maximum Gasteiger partial charge on any atom is 0.214 e. The van der Waals surface area contributed by atoms with Gasteiger partial charge < -0.3 is 19.8 Å². The van der Waals surface area contributed by atoms with Crippen LogP contribution in [-0.4, -0.2) is 17.5 Å². The molecule has 1 heterocycles. The van der Waals surface area contributed by atoms with Gasteiger partial charge in [-0.1, -0.05) is 30.3 Å². The lowest BCUT2D eigenvalue weighted by atomic mass is 10.2. The molecule has 6 heteroatoms. The van der Waals surface area contributed by atoms with Gasteiger partial charge in [-0.15, -0.1) is 0 Å². The molecule has 28 heavy (non-hydrogen) atoms. The van der Waals surface area contributed by atoms with E-state index in [-0.39, 0.29) is 0 Å². The number of aliphatic imine (C=N–C) groups is 1. The van der Waals surface area contributed by atoms with E-state index in [2.05, 4.69) is 20.6 Å². The molecule has 0 fully saturated rings. The average Bonchev–Trinajstić information content (AvgIpc) is 3.03. The van der Waals surface area contributed by atoms with E-state index < -0.39 is 0 Å². The Labute approximate surface area is 165 Å². The monoisotopic (exact) mass is 378 g/mol. The summed E-state index contributed by atoms with van der Waals surface area (Å²) in [7, 11) is 0. The Morgan fingerprint density at radius 3 is 2.54 bits per heavy atom. The van der Waals surface area contributed by atoms with Gasteiger partial charge in [-0.3, -0.25) is 0 Å². The van der Waals surface area contributed by atoms with Gasteiger partial charge in [0.25, 0.3) is 0 Å². The molecule has 3 rings (SSSR count). The first kappa shape index (κ1) is 19.5.